The van der Waals surface area contributed by atoms with E-state index in [0.29, 0.717) is 0 Å². The van der Waals surface area contributed by atoms with Crippen LogP contribution in [0, 0.1) is 6.92 Å². The van der Waals surface area contributed by atoms with Gasteiger partial charge in [0.2, 0.25) is 0 Å². The van der Waals surface area contributed by atoms with Gasteiger partial charge in [-0.25, -0.2) is 9.97 Å². The molecular formula is C20H19BrN4S. The fraction of sp³-hybridized carbons (Fsp3) is 0.200. The van der Waals surface area contributed by atoms with Crippen LogP contribution in [-0.2, 0) is 12.3 Å². The zero-order valence-electron chi connectivity index (χ0n) is 14.7. The Balaban J connectivity index is 1.57. The Bertz CT molecular complexity index is 1050. The largest absolute Gasteiger partial charge is 0.319 e. The SMILES string of the molecule is CCn1c(-c2ccc(Br)cc2)cnc1SCc1cn2cc(C)ccc2n1. The molecule has 0 aliphatic heterocycles. The lowest BCUT2D eigenvalue weighted by Crippen LogP contribution is -1.99. The first-order chi connectivity index (χ1) is 12.6. The molecule has 0 saturated carbocycles. The van der Waals surface area contributed by atoms with Gasteiger partial charge >= 0.3 is 0 Å². The van der Waals surface area contributed by atoms with Crippen LogP contribution in [0.15, 0.2) is 64.6 Å². The third-order valence-electron chi connectivity index (χ3n) is 4.27. The minimum atomic E-state index is 0.803. The molecule has 6 heteroatoms. The molecule has 3 heterocycles. The molecule has 4 aromatic rings. The van der Waals surface area contributed by atoms with Gasteiger partial charge in [-0.1, -0.05) is 45.9 Å². The highest BCUT2D eigenvalue weighted by Crippen LogP contribution is 2.28. The molecule has 0 spiro atoms. The number of hydrogen-bond donors (Lipinski definition) is 0. The summed E-state index contributed by atoms with van der Waals surface area (Å²) in [5.41, 5.74) is 5.61. The monoisotopic (exact) mass is 426 g/mol. The maximum absolute atomic E-state index is 4.70. The third-order valence-corrected chi connectivity index (χ3v) is 5.83. The second-order valence-corrected chi connectivity index (χ2v) is 8.03. The number of thioether (sulfide) groups is 1. The highest BCUT2D eigenvalue weighted by molar-refractivity contribution is 9.10. The molecular weight excluding hydrogens is 408 g/mol. The Labute approximate surface area is 165 Å². The number of nitrogens with zero attached hydrogens (tertiary/aromatic N) is 4. The van der Waals surface area contributed by atoms with Crippen molar-refractivity contribution in [3.05, 3.63) is 70.7 Å². The minimum absolute atomic E-state index is 0.803. The van der Waals surface area contributed by atoms with Crippen molar-refractivity contribution in [1.82, 2.24) is 18.9 Å². The van der Waals surface area contributed by atoms with Gasteiger partial charge in [0.25, 0.3) is 0 Å². The summed E-state index contributed by atoms with van der Waals surface area (Å²) >= 11 is 5.22. The Morgan fingerprint density at radius 1 is 1.08 bits per heavy atom. The van der Waals surface area contributed by atoms with Crippen LogP contribution < -0.4 is 0 Å². The van der Waals surface area contributed by atoms with Gasteiger partial charge in [-0.3, -0.25) is 0 Å². The first-order valence-electron chi connectivity index (χ1n) is 8.52. The van der Waals surface area contributed by atoms with Gasteiger partial charge in [0.1, 0.15) is 5.65 Å². The average molecular weight is 427 g/mol. The van der Waals surface area contributed by atoms with Crippen LogP contribution in [0.5, 0.6) is 0 Å². The van der Waals surface area contributed by atoms with Gasteiger partial charge in [0, 0.05) is 29.2 Å². The Hall–Kier alpha value is -2.05. The van der Waals surface area contributed by atoms with Gasteiger partial charge in [-0.2, -0.15) is 0 Å². The highest BCUT2D eigenvalue weighted by atomic mass is 79.9. The van der Waals surface area contributed by atoms with E-state index in [-0.39, 0.29) is 0 Å². The number of halogens is 1. The lowest BCUT2D eigenvalue weighted by Gasteiger charge is -2.09. The molecule has 3 aromatic heterocycles. The number of aryl methyl sites for hydroxylation is 1. The van der Waals surface area contributed by atoms with Crippen molar-refractivity contribution in [2.45, 2.75) is 31.3 Å². The zero-order valence-corrected chi connectivity index (χ0v) is 17.1. The summed E-state index contributed by atoms with van der Waals surface area (Å²) in [6.45, 7) is 5.13. The zero-order chi connectivity index (χ0) is 18.1. The number of benzene rings is 1. The van der Waals surface area contributed by atoms with Gasteiger partial charge < -0.3 is 8.97 Å². The molecule has 4 nitrogen and oxygen atoms in total. The topological polar surface area (TPSA) is 35.1 Å². The molecule has 4 rings (SSSR count). The lowest BCUT2D eigenvalue weighted by molar-refractivity contribution is 0.687. The van der Waals surface area contributed by atoms with Gasteiger partial charge in [0.15, 0.2) is 5.16 Å². The second kappa shape index (κ2) is 7.29. The standard InChI is InChI=1S/C20H19BrN4S/c1-3-25-18(15-5-7-16(21)8-6-15)10-22-20(25)26-13-17-12-24-11-14(2)4-9-19(24)23-17/h4-12H,3,13H2,1-2H3. The average Bonchev–Trinajstić information content (AvgIpc) is 3.23. The van der Waals surface area contributed by atoms with Crippen molar-refractivity contribution in [2.24, 2.45) is 0 Å². The van der Waals surface area contributed by atoms with E-state index in [1.165, 1.54) is 11.1 Å². The number of aromatic nitrogens is 4. The van der Waals surface area contributed by atoms with Crippen molar-refractivity contribution in [1.29, 1.82) is 0 Å². The van der Waals surface area contributed by atoms with Crippen molar-refractivity contribution in [3.63, 3.8) is 0 Å². The van der Waals surface area contributed by atoms with Gasteiger partial charge in [-0.15, -0.1) is 0 Å². The van der Waals surface area contributed by atoms with Crippen molar-refractivity contribution in [2.75, 3.05) is 0 Å². The molecule has 0 bridgehead atoms. The highest BCUT2D eigenvalue weighted by Gasteiger charge is 2.12. The van der Waals surface area contributed by atoms with E-state index < -0.39 is 0 Å². The molecule has 0 saturated heterocycles. The predicted octanol–water partition coefficient (Wildman–Crippen LogP) is 5.58. The van der Waals surface area contributed by atoms with Gasteiger partial charge in [-0.05, 0) is 43.2 Å². The summed E-state index contributed by atoms with van der Waals surface area (Å²) in [5.74, 6) is 0.803. The fourth-order valence-corrected chi connectivity index (χ4v) is 4.19. The number of fused-ring (bicyclic) bond motifs is 1. The van der Waals surface area contributed by atoms with Crippen LogP contribution in [-0.4, -0.2) is 18.9 Å². The number of hydrogen-bond acceptors (Lipinski definition) is 3. The molecule has 0 unspecified atom stereocenters. The third kappa shape index (κ3) is 3.44. The van der Waals surface area contributed by atoms with E-state index in [9.17, 15) is 0 Å². The Morgan fingerprint density at radius 3 is 2.65 bits per heavy atom. The van der Waals surface area contributed by atoms with E-state index in [4.69, 9.17) is 4.98 Å². The summed E-state index contributed by atoms with van der Waals surface area (Å²) in [6.07, 6.45) is 6.17. The molecule has 132 valence electrons. The van der Waals surface area contributed by atoms with E-state index in [1.807, 2.05) is 6.20 Å². The Morgan fingerprint density at radius 2 is 1.88 bits per heavy atom. The summed E-state index contributed by atoms with van der Waals surface area (Å²) < 4.78 is 5.43. The van der Waals surface area contributed by atoms with E-state index in [0.717, 1.165) is 39.0 Å². The van der Waals surface area contributed by atoms with Crippen LogP contribution in [0.1, 0.15) is 18.2 Å². The normalized spacial score (nSPS) is 11.3. The van der Waals surface area contributed by atoms with Crippen molar-refractivity contribution >= 4 is 33.3 Å². The predicted molar refractivity (Wildman–Crippen MR) is 111 cm³/mol. The second-order valence-electron chi connectivity index (χ2n) is 6.17. The summed E-state index contributed by atoms with van der Waals surface area (Å²) in [6, 6.07) is 12.5. The van der Waals surface area contributed by atoms with Crippen LogP contribution in [0.25, 0.3) is 16.9 Å². The molecule has 26 heavy (non-hydrogen) atoms. The maximum Gasteiger partial charge on any atom is 0.168 e. The van der Waals surface area contributed by atoms with E-state index >= 15 is 0 Å². The minimum Gasteiger partial charge on any atom is -0.319 e. The number of pyridine rings is 1. The summed E-state index contributed by atoms with van der Waals surface area (Å²) in [7, 11) is 0. The molecule has 0 aliphatic rings. The van der Waals surface area contributed by atoms with E-state index in [1.54, 1.807) is 11.8 Å². The molecule has 0 aliphatic carbocycles. The fourth-order valence-electron chi connectivity index (χ4n) is 2.99. The quantitative estimate of drug-likeness (QED) is 0.390. The maximum atomic E-state index is 4.70. The first-order valence-corrected chi connectivity index (χ1v) is 10.3. The van der Waals surface area contributed by atoms with Crippen LogP contribution in [0.4, 0.5) is 0 Å². The van der Waals surface area contributed by atoms with E-state index in [2.05, 4.69) is 92.5 Å². The molecule has 0 N–H and O–H groups in total. The van der Waals surface area contributed by atoms with Crippen LogP contribution >= 0.6 is 27.7 Å². The number of rotatable bonds is 5. The van der Waals surface area contributed by atoms with Gasteiger partial charge in [0.05, 0.1) is 17.6 Å². The van der Waals surface area contributed by atoms with Crippen LogP contribution in [0.3, 0.4) is 0 Å². The molecule has 0 fully saturated rings. The Kier molecular flexibility index (Phi) is 4.87. The van der Waals surface area contributed by atoms with Crippen molar-refractivity contribution < 1.29 is 0 Å². The first kappa shape index (κ1) is 17.4. The number of imidazole rings is 2. The lowest BCUT2D eigenvalue weighted by atomic mass is 10.2. The molecule has 0 atom stereocenters. The molecule has 0 radical (unpaired) electrons. The molecule has 0 amide bonds. The van der Waals surface area contributed by atoms with Crippen molar-refractivity contribution in [3.8, 4) is 11.3 Å². The summed E-state index contributed by atoms with van der Waals surface area (Å²) in [5, 5.41) is 1.03. The smallest absolute Gasteiger partial charge is 0.168 e. The molecule has 1 aromatic carbocycles. The summed E-state index contributed by atoms with van der Waals surface area (Å²) in [4.78, 5) is 9.35. The van der Waals surface area contributed by atoms with Crippen LogP contribution in [0.2, 0.25) is 0 Å².